The van der Waals surface area contributed by atoms with Crippen LogP contribution in [0.4, 0.5) is 5.69 Å². The molecule has 0 aliphatic heterocycles. The van der Waals surface area contributed by atoms with Crippen molar-refractivity contribution >= 4 is 11.6 Å². The van der Waals surface area contributed by atoms with Gasteiger partial charge in [-0.25, -0.2) is 4.98 Å². The van der Waals surface area contributed by atoms with E-state index in [2.05, 4.69) is 20.5 Å². The molecule has 0 spiro atoms. The zero-order valence-corrected chi connectivity index (χ0v) is 10.1. The van der Waals surface area contributed by atoms with E-state index in [0.717, 1.165) is 5.69 Å². The molecule has 0 fully saturated rings. The number of primary amides is 1. The van der Waals surface area contributed by atoms with E-state index in [-0.39, 0.29) is 6.42 Å². The van der Waals surface area contributed by atoms with Crippen molar-refractivity contribution in [1.82, 2.24) is 15.2 Å². The molecule has 0 bridgehead atoms. The van der Waals surface area contributed by atoms with E-state index in [1.807, 2.05) is 31.2 Å². The first-order chi connectivity index (χ1) is 8.63. The highest BCUT2D eigenvalue weighted by molar-refractivity contribution is 5.75. The molecule has 1 amide bonds. The van der Waals surface area contributed by atoms with Crippen molar-refractivity contribution < 1.29 is 4.79 Å². The smallest absolute Gasteiger partial charge is 0.225 e. The van der Waals surface area contributed by atoms with Gasteiger partial charge < -0.3 is 11.1 Å². The number of benzene rings is 1. The van der Waals surface area contributed by atoms with Crippen molar-refractivity contribution in [2.24, 2.45) is 5.73 Å². The first-order valence-electron chi connectivity index (χ1n) is 5.62. The maximum atomic E-state index is 10.7. The topological polar surface area (TPSA) is 96.7 Å². The molecule has 0 saturated heterocycles. The predicted molar refractivity (Wildman–Crippen MR) is 67.8 cm³/mol. The van der Waals surface area contributed by atoms with Crippen molar-refractivity contribution in [3.63, 3.8) is 0 Å². The number of carbonyl (C=O) groups excluding carboxylic acids is 1. The average Bonchev–Trinajstić information content (AvgIpc) is 2.75. The summed E-state index contributed by atoms with van der Waals surface area (Å²) >= 11 is 0. The first kappa shape index (κ1) is 12.1. The second-order valence-corrected chi connectivity index (χ2v) is 4.06. The Labute approximate surface area is 105 Å². The molecule has 1 heterocycles. The summed E-state index contributed by atoms with van der Waals surface area (Å²) in [6, 6.07) is 8.05. The van der Waals surface area contributed by atoms with Gasteiger partial charge in [0.25, 0.3) is 0 Å². The van der Waals surface area contributed by atoms with Gasteiger partial charge in [0.2, 0.25) is 5.91 Å². The van der Waals surface area contributed by atoms with Gasteiger partial charge in [-0.2, -0.15) is 5.10 Å². The van der Waals surface area contributed by atoms with Crippen LogP contribution in [0.15, 0.2) is 24.3 Å². The number of amides is 1. The summed E-state index contributed by atoms with van der Waals surface area (Å²) in [5.41, 5.74) is 7.28. The summed E-state index contributed by atoms with van der Waals surface area (Å²) in [5.74, 6) is 0.655. The van der Waals surface area contributed by atoms with Crippen LogP contribution in [0.1, 0.15) is 17.2 Å². The molecule has 4 N–H and O–H groups in total. The molecule has 94 valence electrons. The van der Waals surface area contributed by atoms with Gasteiger partial charge in [-0.05, 0) is 19.1 Å². The largest absolute Gasteiger partial charge is 0.378 e. The van der Waals surface area contributed by atoms with Crippen molar-refractivity contribution in [3.8, 4) is 0 Å². The van der Waals surface area contributed by atoms with Gasteiger partial charge in [-0.3, -0.25) is 9.89 Å². The third-order valence-electron chi connectivity index (χ3n) is 2.42. The molecule has 6 nitrogen and oxygen atoms in total. The molecule has 0 saturated carbocycles. The van der Waals surface area contributed by atoms with Crippen molar-refractivity contribution in [1.29, 1.82) is 0 Å². The monoisotopic (exact) mass is 245 g/mol. The lowest BCUT2D eigenvalue weighted by molar-refractivity contribution is -0.117. The highest BCUT2D eigenvalue weighted by Gasteiger charge is 2.05. The summed E-state index contributed by atoms with van der Waals surface area (Å²) < 4.78 is 0. The lowest BCUT2D eigenvalue weighted by atomic mass is 10.2. The number of rotatable bonds is 5. The predicted octanol–water partition coefficient (Wildman–Crippen LogP) is 0.753. The minimum absolute atomic E-state index is 0.0566. The van der Waals surface area contributed by atoms with Crippen LogP contribution < -0.4 is 11.1 Å². The van der Waals surface area contributed by atoms with Crippen LogP contribution in [0.2, 0.25) is 0 Å². The number of anilines is 1. The molecule has 18 heavy (non-hydrogen) atoms. The van der Waals surface area contributed by atoms with Crippen LogP contribution in [-0.4, -0.2) is 21.1 Å². The van der Waals surface area contributed by atoms with E-state index in [1.165, 1.54) is 5.56 Å². The molecule has 0 unspecified atom stereocenters. The lowest BCUT2D eigenvalue weighted by Crippen LogP contribution is -2.14. The molecule has 0 atom stereocenters. The Morgan fingerprint density at radius 3 is 2.78 bits per heavy atom. The normalized spacial score (nSPS) is 10.3. The van der Waals surface area contributed by atoms with Gasteiger partial charge in [0.1, 0.15) is 5.82 Å². The SMILES string of the molecule is Cc1ccc(NCc2nc(CC(N)=O)n[nH]2)cc1. The number of hydrogen-bond donors (Lipinski definition) is 3. The fraction of sp³-hybridized carbons (Fsp3) is 0.250. The standard InChI is InChI=1S/C12H15N5O/c1-8-2-4-9(5-3-8)14-7-12-15-11(16-17-12)6-10(13)18/h2-5,14H,6-7H2,1H3,(H2,13,18)(H,15,16,17). The molecule has 2 rings (SSSR count). The van der Waals surface area contributed by atoms with Gasteiger partial charge in [-0.1, -0.05) is 17.7 Å². The number of nitrogens with one attached hydrogen (secondary N) is 2. The van der Waals surface area contributed by atoms with Crippen LogP contribution in [0.25, 0.3) is 0 Å². The van der Waals surface area contributed by atoms with Crippen LogP contribution in [0.3, 0.4) is 0 Å². The van der Waals surface area contributed by atoms with Crippen molar-refractivity contribution in [2.75, 3.05) is 5.32 Å². The summed E-state index contributed by atoms with van der Waals surface area (Å²) in [6.07, 6.45) is 0.0566. The molecular formula is C12H15N5O. The van der Waals surface area contributed by atoms with E-state index in [4.69, 9.17) is 5.73 Å². The second kappa shape index (κ2) is 5.31. The van der Waals surface area contributed by atoms with Gasteiger partial charge in [-0.15, -0.1) is 0 Å². The third-order valence-corrected chi connectivity index (χ3v) is 2.42. The average molecular weight is 245 g/mol. The van der Waals surface area contributed by atoms with Crippen LogP contribution in [0, 0.1) is 6.92 Å². The quantitative estimate of drug-likeness (QED) is 0.724. The number of carbonyl (C=O) groups is 1. The number of H-pyrrole nitrogens is 1. The molecule has 0 radical (unpaired) electrons. The Morgan fingerprint density at radius 1 is 1.39 bits per heavy atom. The lowest BCUT2D eigenvalue weighted by Gasteiger charge is -2.03. The summed E-state index contributed by atoms with van der Waals surface area (Å²) in [7, 11) is 0. The molecule has 6 heteroatoms. The maximum absolute atomic E-state index is 10.7. The Hall–Kier alpha value is -2.37. The number of aromatic amines is 1. The minimum atomic E-state index is -0.438. The van der Waals surface area contributed by atoms with E-state index in [0.29, 0.717) is 18.2 Å². The van der Waals surface area contributed by atoms with Crippen LogP contribution in [0.5, 0.6) is 0 Å². The maximum Gasteiger partial charge on any atom is 0.225 e. The zero-order valence-electron chi connectivity index (χ0n) is 10.1. The summed E-state index contributed by atoms with van der Waals surface area (Å²) in [4.78, 5) is 14.9. The highest BCUT2D eigenvalue weighted by Crippen LogP contribution is 2.09. The van der Waals surface area contributed by atoms with Gasteiger partial charge in [0.15, 0.2) is 5.82 Å². The zero-order chi connectivity index (χ0) is 13.0. The number of aromatic nitrogens is 3. The first-order valence-corrected chi connectivity index (χ1v) is 5.62. The summed E-state index contributed by atoms with van der Waals surface area (Å²) in [6.45, 7) is 2.56. The van der Waals surface area contributed by atoms with Crippen molar-refractivity contribution in [3.05, 3.63) is 41.5 Å². The third kappa shape index (κ3) is 3.31. The van der Waals surface area contributed by atoms with Crippen LogP contribution in [-0.2, 0) is 17.8 Å². The van der Waals surface area contributed by atoms with E-state index in [1.54, 1.807) is 0 Å². The number of hydrogen-bond acceptors (Lipinski definition) is 4. The number of nitrogens with two attached hydrogens (primary N) is 1. The van der Waals surface area contributed by atoms with Gasteiger partial charge in [0.05, 0.1) is 13.0 Å². The second-order valence-electron chi connectivity index (χ2n) is 4.06. The van der Waals surface area contributed by atoms with Gasteiger partial charge >= 0.3 is 0 Å². The van der Waals surface area contributed by atoms with Crippen molar-refractivity contribution in [2.45, 2.75) is 19.9 Å². The fourth-order valence-corrected chi connectivity index (χ4v) is 1.51. The number of nitrogens with zero attached hydrogens (tertiary/aromatic N) is 2. The Morgan fingerprint density at radius 2 is 2.11 bits per heavy atom. The fourth-order valence-electron chi connectivity index (χ4n) is 1.51. The van der Waals surface area contributed by atoms with Crippen LogP contribution >= 0.6 is 0 Å². The highest BCUT2D eigenvalue weighted by atomic mass is 16.1. The molecule has 1 aromatic carbocycles. The summed E-state index contributed by atoms with van der Waals surface area (Å²) in [5, 5.41) is 9.87. The Kier molecular flexibility index (Phi) is 3.57. The molecule has 2 aromatic rings. The van der Waals surface area contributed by atoms with E-state index >= 15 is 0 Å². The number of aryl methyl sites for hydroxylation is 1. The molecular weight excluding hydrogens is 230 g/mol. The van der Waals surface area contributed by atoms with E-state index < -0.39 is 5.91 Å². The van der Waals surface area contributed by atoms with E-state index in [9.17, 15) is 4.79 Å². The molecule has 1 aromatic heterocycles. The Bertz CT molecular complexity index is 532. The minimum Gasteiger partial charge on any atom is -0.378 e. The molecule has 0 aliphatic carbocycles. The Balaban J connectivity index is 1.92. The van der Waals surface area contributed by atoms with Gasteiger partial charge in [0, 0.05) is 5.69 Å². The molecule has 0 aliphatic rings.